The molecule has 2 unspecified atom stereocenters. The van der Waals surface area contributed by atoms with E-state index in [1.807, 2.05) is 0 Å². The van der Waals surface area contributed by atoms with Crippen molar-refractivity contribution in [1.29, 1.82) is 0 Å². The lowest BCUT2D eigenvalue weighted by molar-refractivity contribution is -0.157. The normalized spacial score (nSPS) is 30.7. The van der Waals surface area contributed by atoms with E-state index in [1.54, 1.807) is 0 Å². The molecule has 2 N–H and O–H groups in total. The number of aliphatic carboxylic acids is 1. The molecule has 0 spiro atoms. The summed E-state index contributed by atoms with van der Waals surface area (Å²) in [6, 6.07) is 0. The second-order valence-electron chi connectivity index (χ2n) is 3.86. The summed E-state index contributed by atoms with van der Waals surface area (Å²) < 4.78 is 5.30. The summed E-state index contributed by atoms with van der Waals surface area (Å²) in [5, 5.41) is 18.3. The number of hydrogen-bond acceptors (Lipinski definition) is 3. The number of aliphatic hydroxyl groups excluding tert-OH is 1. The van der Waals surface area contributed by atoms with Gasteiger partial charge in [0.2, 0.25) is 0 Å². The van der Waals surface area contributed by atoms with Crippen LogP contribution in [0.3, 0.4) is 0 Å². The fourth-order valence-corrected chi connectivity index (χ4v) is 1.73. The molecule has 0 aromatic heterocycles. The molecular formula is C10H18O4. The molecule has 1 saturated carbocycles. The van der Waals surface area contributed by atoms with E-state index in [0.29, 0.717) is 0 Å². The number of carboxylic acids is 1. The Morgan fingerprint density at radius 2 is 2.00 bits per heavy atom. The van der Waals surface area contributed by atoms with E-state index in [2.05, 4.69) is 0 Å². The van der Waals surface area contributed by atoms with Crippen molar-refractivity contribution in [3.05, 3.63) is 0 Å². The zero-order valence-corrected chi connectivity index (χ0v) is 8.48. The van der Waals surface area contributed by atoms with Crippen LogP contribution in [0.4, 0.5) is 0 Å². The lowest BCUT2D eigenvalue weighted by atomic mass is 10.1. The van der Waals surface area contributed by atoms with Crippen molar-refractivity contribution >= 4 is 5.97 Å². The maximum Gasteiger partial charge on any atom is 0.332 e. The minimum atomic E-state index is -0.971. The number of hydrogen-bond donors (Lipinski definition) is 2. The number of aliphatic hydroxyl groups is 1. The summed E-state index contributed by atoms with van der Waals surface area (Å²) >= 11 is 0. The van der Waals surface area contributed by atoms with Gasteiger partial charge in [-0.25, -0.2) is 4.79 Å². The Balaban J connectivity index is 2.43. The standard InChI is InChI=1S/C10H18O4/c1-7(10(12)13)14-9-6-4-2-3-5-8(9)11/h7-9,11H,2-6H2,1H3,(H,12,13)/t7-,8?,9?/m1/s1. The van der Waals surface area contributed by atoms with Gasteiger partial charge in [0.25, 0.3) is 0 Å². The Bertz CT molecular complexity index is 193. The van der Waals surface area contributed by atoms with Gasteiger partial charge in [-0.3, -0.25) is 0 Å². The molecule has 0 aromatic rings. The molecule has 4 nitrogen and oxygen atoms in total. The number of rotatable bonds is 3. The van der Waals surface area contributed by atoms with Crippen LogP contribution in [0.1, 0.15) is 39.0 Å². The first-order valence-corrected chi connectivity index (χ1v) is 5.17. The summed E-state index contributed by atoms with van der Waals surface area (Å²) in [7, 11) is 0. The second-order valence-corrected chi connectivity index (χ2v) is 3.86. The minimum Gasteiger partial charge on any atom is -0.479 e. The molecule has 82 valence electrons. The molecule has 0 heterocycles. The fraction of sp³-hybridized carbons (Fsp3) is 0.900. The van der Waals surface area contributed by atoms with Crippen molar-refractivity contribution < 1.29 is 19.7 Å². The largest absolute Gasteiger partial charge is 0.479 e. The van der Waals surface area contributed by atoms with Crippen molar-refractivity contribution in [3.8, 4) is 0 Å². The Morgan fingerprint density at radius 1 is 1.36 bits per heavy atom. The SMILES string of the molecule is C[C@@H](OC1CCCCCC1O)C(=O)O. The van der Waals surface area contributed by atoms with E-state index in [1.165, 1.54) is 6.92 Å². The molecule has 0 amide bonds. The smallest absolute Gasteiger partial charge is 0.332 e. The fourth-order valence-electron chi connectivity index (χ4n) is 1.73. The second kappa shape index (κ2) is 5.32. The number of carboxylic acid groups (broad SMARTS) is 1. The monoisotopic (exact) mass is 202 g/mol. The van der Waals surface area contributed by atoms with Crippen LogP contribution < -0.4 is 0 Å². The van der Waals surface area contributed by atoms with Crippen molar-refractivity contribution in [2.45, 2.75) is 57.3 Å². The first-order valence-electron chi connectivity index (χ1n) is 5.17. The average molecular weight is 202 g/mol. The molecule has 1 aliphatic rings. The van der Waals surface area contributed by atoms with Gasteiger partial charge < -0.3 is 14.9 Å². The van der Waals surface area contributed by atoms with Crippen LogP contribution in [-0.4, -0.2) is 34.5 Å². The zero-order valence-electron chi connectivity index (χ0n) is 8.48. The highest BCUT2D eigenvalue weighted by Crippen LogP contribution is 2.21. The molecule has 0 aromatic carbocycles. The van der Waals surface area contributed by atoms with Crippen LogP contribution in [0.2, 0.25) is 0 Å². The molecule has 1 fully saturated rings. The third kappa shape index (κ3) is 3.27. The predicted molar refractivity (Wildman–Crippen MR) is 51.1 cm³/mol. The molecule has 4 heteroatoms. The first kappa shape index (κ1) is 11.5. The van der Waals surface area contributed by atoms with Gasteiger partial charge >= 0.3 is 5.97 Å². The van der Waals surface area contributed by atoms with Gasteiger partial charge in [0.15, 0.2) is 6.10 Å². The summed E-state index contributed by atoms with van der Waals surface area (Å²) in [6.45, 7) is 1.50. The molecule has 3 atom stereocenters. The van der Waals surface area contributed by atoms with Gasteiger partial charge in [0, 0.05) is 0 Å². The highest BCUT2D eigenvalue weighted by Gasteiger charge is 2.26. The van der Waals surface area contributed by atoms with Crippen LogP contribution >= 0.6 is 0 Å². The van der Waals surface area contributed by atoms with Crippen LogP contribution in [-0.2, 0) is 9.53 Å². The van der Waals surface area contributed by atoms with E-state index in [0.717, 1.165) is 32.1 Å². The topological polar surface area (TPSA) is 66.8 Å². The van der Waals surface area contributed by atoms with Gasteiger partial charge in [-0.1, -0.05) is 19.3 Å². The Hall–Kier alpha value is -0.610. The molecule has 14 heavy (non-hydrogen) atoms. The van der Waals surface area contributed by atoms with Gasteiger partial charge in [0.05, 0.1) is 12.2 Å². The number of carbonyl (C=O) groups is 1. The van der Waals surface area contributed by atoms with Crippen molar-refractivity contribution in [3.63, 3.8) is 0 Å². The van der Waals surface area contributed by atoms with Crippen LogP contribution in [0.25, 0.3) is 0 Å². The lowest BCUT2D eigenvalue weighted by Gasteiger charge is -2.22. The first-order chi connectivity index (χ1) is 6.61. The lowest BCUT2D eigenvalue weighted by Crippen LogP contribution is -2.34. The summed E-state index contributed by atoms with van der Waals surface area (Å²) in [5.74, 6) is -0.971. The summed E-state index contributed by atoms with van der Waals surface area (Å²) in [5.41, 5.74) is 0. The minimum absolute atomic E-state index is 0.302. The van der Waals surface area contributed by atoms with Crippen molar-refractivity contribution in [2.75, 3.05) is 0 Å². The van der Waals surface area contributed by atoms with Crippen LogP contribution in [0.15, 0.2) is 0 Å². The van der Waals surface area contributed by atoms with Crippen molar-refractivity contribution in [1.82, 2.24) is 0 Å². The quantitative estimate of drug-likeness (QED) is 0.674. The van der Waals surface area contributed by atoms with Crippen molar-refractivity contribution in [2.24, 2.45) is 0 Å². The average Bonchev–Trinajstić information content (AvgIpc) is 2.32. The highest BCUT2D eigenvalue weighted by atomic mass is 16.5. The van der Waals surface area contributed by atoms with E-state index in [-0.39, 0.29) is 6.10 Å². The van der Waals surface area contributed by atoms with Crippen LogP contribution in [0, 0.1) is 0 Å². The van der Waals surface area contributed by atoms with E-state index < -0.39 is 18.2 Å². The maximum atomic E-state index is 10.6. The van der Waals surface area contributed by atoms with Gasteiger partial charge in [-0.05, 0) is 19.8 Å². The summed E-state index contributed by atoms with van der Waals surface area (Å²) in [6.07, 6.45) is 2.96. The molecule has 0 saturated heterocycles. The van der Waals surface area contributed by atoms with Gasteiger partial charge in [-0.15, -0.1) is 0 Å². The zero-order chi connectivity index (χ0) is 10.6. The summed E-state index contributed by atoms with van der Waals surface area (Å²) in [4.78, 5) is 10.6. The molecule has 0 bridgehead atoms. The van der Waals surface area contributed by atoms with E-state index >= 15 is 0 Å². The maximum absolute atomic E-state index is 10.6. The van der Waals surface area contributed by atoms with Gasteiger partial charge in [-0.2, -0.15) is 0 Å². The molecule has 1 aliphatic carbocycles. The Morgan fingerprint density at radius 3 is 2.64 bits per heavy atom. The predicted octanol–water partition coefficient (Wildman–Crippen LogP) is 1.17. The molecule has 1 rings (SSSR count). The Kier molecular flexibility index (Phi) is 4.35. The molecule has 0 aliphatic heterocycles. The van der Waals surface area contributed by atoms with E-state index in [9.17, 15) is 9.90 Å². The van der Waals surface area contributed by atoms with Gasteiger partial charge in [0.1, 0.15) is 0 Å². The van der Waals surface area contributed by atoms with E-state index in [4.69, 9.17) is 9.84 Å². The number of ether oxygens (including phenoxy) is 1. The third-order valence-electron chi connectivity index (χ3n) is 2.64. The molecule has 0 radical (unpaired) electrons. The molecular weight excluding hydrogens is 184 g/mol. The third-order valence-corrected chi connectivity index (χ3v) is 2.64. The van der Waals surface area contributed by atoms with Crippen LogP contribution in [0.5, 0.6) is 0 Å². The highest BCUT2D eigenvalue weighted by molar-refractivity contribution is 5.71. The Labute approximate surface area is 83.9 Å².